The van der Waals surface area contributed by atoms with Crippen molar-refractivity contribution < 1.29 is 0 Å². The van der Waals surface area contributed by atoms with Crippen molar-refractivity contribution >= 4 is 0 Å². The average Bonchev–Trinajstić information content (AvgIpc) is 2.86. The Balaban J connectivity index is 1.80. The van der Waals surface area contributed by atoms with E-state index in [1.54, 1.807) is 0 Å². The van der Waals surface area contributed by atoms with E-state index < -0.39 is 0 Å². The van der Waals surface area contributed by atoms with Crippen LogP contribution in [0.2, 0.25) is 0 Å². The lowest BCUT2D eigenvalue weighted by atomic mass is 10.1. The van der Waals surface area contributed by atoms with Gasteiger partial charge in [-0.15, -0.1) is 0 Å². The molecule has 1 fully saturated rings. The Morgan fingerprint density at radius 1 is 1.30 bits per heavy atom. The summed E-state index contributed by atoms with van der Waals surface area (Å²) in [5.74, 6) is 0.799. The third kappa shape index (κ3) is 4.58. The van der Waals surface area contributed by atoms with E-state index in [1.165, 1.54) is 31.6 Å². The zero-order chi connectivity index (χ0) is 14.4. The summed E-state index contributed by atoms with van der Waals surface area (Å²) in [5, 5.41) is 0. The summed E-state index contributed by atoms with van der Waals surface area (Å²) in [6.45, 7) is 11.1. The molecular weight excluding hydrogens is 246 g/mol. The summed E-state index contributed by atoms with van der Waals surface area (Å²) in [7, 11) is 0. The Morgan fingerprint density at radius 3 is 2.70 bits per heavy atom. The molecule has 1 heterocycles. The number of hydrogen-bond donors (Lipinski definition) is 1. The van der Waals surface area contributed by atoms with Crippen molar-refractivity contribution in [1.82, 2.24) is 9.80 Å². The summed E-state index contributed by atoms with van der Waals surface area (Å²) >= 11 is 0. The molecule has 0 radical (unpaired) electrons. The van der Waals surface area contributed by atoms with Crippen LogP contribution >= 0.6 is 0 Å². The maximum absolute atomic E-state index is 5.72. The van der Waals surface area contributed by atoms with Gasteiger partial charge in [-0.2, -0.15) is 0 Å². The topological polar surface area (TPSA) is 32.5 Å². The van der Waals surface area contributed by atoms with E-state index in [2.05, 4.69) is 54.0 Å². The molecule has 1 saturated heterocycles. The molecule has 3 heteroatoms. The van der Waals surface area contributed by atoms with Gasteiger partial charge in [-0.05, 0) is 38.3 Å². The van der Waals surface area contributed by atoms with Crippen LogP contribution < -0.4 is 5.73 Å². The van der Waals surface area contributed by atoms with E-state index in [4.69, 9.17) is 5.73 Å². The van der Waals surface area contributed by atoms with Gasteiger partial charge >= 0.3 is 0 Å². The van der Waals surface area contributed by atoms with Crippen LogP contribution in [0.1, 0.15) is 25.8 Å². The molecule has 1 aromatic carbocycles. The predicted octanol–water partition coefficient (Wildman–Crippen LogP) is 2.18. The Kier molecular flexibility index (Phi) is 6.02. The number of hydrogen-bond acceptors (Lipinski definition) is 3. The van der Waals surface area contributed by atoms with Gasteiger partial charge in [0, 0.05) is 38.8 Å². The van der Waals surface area contributed by atoms with Crippen molar-refractivity contribution in [3.8, 4) is 0 Å². The largest absolute Gasteiger partial charge is 0.329 e. The second kappa shape index (κ2) is 7.77. The number of rotatable bonds is 7. The lowest BCUT2D eigenvalue weighted by molar-refractivity contribution is 0.189. The lowest BCUT2D eigenvalue weighted by Gasteiger charge is -2.28. The van der Waals surface area contributed by atoms with Crippen LogP contribution in [-0.4, -0.2) is 48.6 Å². The molecule has 0 bridgehead atoms. The summed E-state index contributed by atoms with van der Waals surface area (Å²) in [6, 6.07) is 11.4. The first-order valence-electron chi connectivity index (χ1n) is 7.89. The van der Waals surface area contributed by atoms with E-state index in [9.17, 15) is 0 Å². The average molecular weight is 275 g/mol. The molecule has 1 aliphatic rings. The maximum atomic E-state index is 5.72. The van der Waals surface area contributed by atoms with Crippen LogP contribution in [0.4, 0.5) is 0 Å². The van der Waals surface area contributed by atoms with Crippen molar-refractivity contribution in [3.63, 3.8) is 0 Å². The van der Waals surface area contributed by atoms with E-state index in [0.717, 1.165) is 25.6 Å². The zero-order valence-electron chi connectivity index (χ0n) is 13.0. The molecule has 0 amide bonds. The van der Waals surface area contributed by atoms with Crippen molar-refractivity contribution in [1.29, 1.82) is 0 Å². The Hall–Kier alpha value is -0.900. The number of nitrogens with zero attached hydrogens (tertiary/aromatic N) is 2. The fourth-order valence-corrected chi connectivity index (χ4v) is 3.10. The number of nitrogens with two attached hydrogens (primary N) is 1. The molecule has 0 aliphatic carbocycles. The van der Waals surface area contributed by atoms with Gasteiger partial charge < -0.3 is 5.73 Å². The minimum Gasteiger partial charge on any atom is -0.329 e. The molecule has 1 aliphatic heterocycles. The Morgan fingerprint density at radius 2 is 2.05 bits per heavy atom. The van der Waals surface area contributed by atoms with Gasteiger partial charge in [-0.3, -0.25) is 9.80 Å². The van der Waals surface area contributed by atoms with Crippen LogP contribution in [0.15, 0.2) is 30.3 Å². The van der Waals surface area contributed by atoms with Crippen molar-refractivity contribution in [2.45, 2.75) is 32.9 Å². The van der Waals surface area contributed by atoms with Crippen LogP contribution in [0.3, 0.4) is 0 Å². The van der Waals surface area contributed by atoms with Gasteiger partial charge in [0.2, 0.25) is 0 Å². The highest BCUT2D eigenvalue weighted by Crippen LogP contribution is 2.20. The summed E-state index contributed by atoms with van der Waals surface area (Å²) < 4.78 is 0. The van der Waals surface area contributed by atoms with Gasteiger partial charge in [0.05, 0.1) is 0 Å². The van der Waals surface area contributed by atoms with Crippen molar-refractivity contribution in [2.75, 3.05) is 32.7 Å². The SMILES string of the molecule is CC(C)N(CCN)C[C@@H]1CCN(Cc2ccccc2)C1. The van der Waals surface area contributed by atoms with Gasteiger partial charge in [0.15, 0.2) is 0 Å². The fourth-order valence-electron chi connectivity index (χ4n) is 3.10. The van der Waals surface area contributed by atoms with E-state index >= 15 is 0 Å². The normalized spacial score (nSPS) is 20.1. The minimum absolute atomic E-state index is 0.599. The van der Waals surface area contributed by atoms with Gasteiger partial charge in [0.1, 0.15) is 0 Å². The predicted molar refractivity (Wildman–Crippen MR) is 85.6 cm³/mol. The van der Waals surface area contributed by atoms with E-state index in [0.29, 0.717) is 6.04 Å². The van der Waals surface area contributed by atoms with Crippen LogP contribution in [0.25, 0.3) is 0 Å². The summed E-state index contributed by atoms with van der Waals surface area (Å²) in [4.78, 5) is 5.11. The van der Waals surface area contributed by atoms with Gasteiger partial charge in [-0.25, -0.2) is 0 Å². The van der Waals surface area contributed by atoms with E-state index in [1.807, 2.05) is 0 Å². The number of likely N-dealkylation sites (tertiary alicyclic amines) is 1. The molecule has 112 valence electrons. The number of benzene rings is 1. The van der Waals surface area contributed by atoms with Gasteiger partial charge in [0.25, 0.3) is 0 Å². The molecule has 0 unspecified atom stereocenters. The molecular formula is C17H29N3. The quantitative estimate of drug-likeness (QED) is 0.828. The molecule has 2 N–H and O–H groups in total. The molecule has 0 saturated carbocycles. The molecule has 2 rings (SSSR count). The summed E-state index contributed by atoms with van der Waals surface area (Å²) in [5.41, 5.74) is 7.15. The highest BCUT2D eigenvalue weighted by Gasteiger charge is 2.24. The highest BCUT2D eigenvalue weighted by atomic mass is 15.2. The Bertz CT molecular complexity index is 377. The monoisotopic (exact) mass is 275 g/mol. The Labute approximate surface area is 123 Å². The lowest BCUT2D eigenvalue weighted by Crippen LogP contribution is -2.39. The molecule has 0 spiro atoms. The second-order valence-corrected chi connectivity index (χ2v) is 6.25. The van der Waals surface area contributed by atoms with Crippen molar-refractivity contribution in [3.05, 3.63) is 35.9 Å². The fraction of sp³-hybridized carbons (Fsp3) is 0.647. The summed E-state index contributed by atoms with van der Waals surface area (Å²) in [6.07, 6.45) is 1.32. The van der Waals surface area contributed by atoms with E-state index in [-0.39, 0.29) is 0 Å². The molecule has 3 nitrogen and oxygen atoms in total. The zero-order valence-corrected chi connectivity index (χ0v) is 13.0. The minimum atomic E-state index is 0.599. The second-order valence-electron chi connectivity index (χ2n) is 6.25. The third-order valence-electron chi connectivity index (χ3n) is 4.26. The van der Waals surface area contributed by atoms with Crippen LogP contribution in [0.5, 0.6) is 0 Å². The third-order valence-corrected chi connectivity index (χ3v) is 4.26. The van der Waals surface area contributed by atoms with Crippen molar-refractivity contribution in [2.24, 2.45) is 11.7 Å². The molecule has 20 heavy (non-hydrogen) atoms. The standard InChI is InChI=1S/C17H29N3/c1-15(2)20(11-9-18)14-17-8-10-19(13-17)12-16-6-4-3-5-7-16/h3-7,15,17H,8-14,18H2,1-2H3/t17-/m1/s1. The van der Waals surface area contributed by atoms with Gasteiger partial charge in [-0.1, -0.05) is 30.3 Å². The maximum Gasteiger partial charge on any atom is 0.0233 e. The van der Waals surface area contributed by atoms with Crippen LogP contribution in [0, 0.1) is 5.92 Å². The smallest absolute Gasteiger partial charge is 0.0233 e. The molecule has 0 aromatic heterocycles. The molecule has 1 atom stereocenters. The highest BCUT2D eigenvalue weighted by molar-refractivity contribution is 5.14. The first kappa shape index (κ1) is 15.5. The molecule has 1 aromatic rings. The first-order chi connectivity index (χ1) is 9.69. The van der Waals surface area contributed by atoms with Crippen LogP contribution in [-0.2, 0) is 6.54 Å². The first-order valence-corrected chi connectivity index (χ1v) is 7.89.